The topological polar surface area (TPSA) is 60.5 Å². The molecule has 2 fully saturated rings. The van der Waals surface area contributed by atoms with Crippen LogP contribution in [0.2, 0.25) is 5.02 Å². The SMILES string of the molecule is COc1nc2ccc(C(=O)C3CCNCC3)cc2c(Cl)c1CC1CCOCC1. The van der Waals surface area contributed by atoms with Gasteiger partial charge in [0, 0.05) is 35.6 Å². The average molecular weight is 403 g/mol. The maximum atomic E-state index is 12.9. The van der Waals surface area contributed by atoms with Gasteiger partial charge in [0.15, 0.2) is 5.78 Å². The summed E-state index contributed by atoms with van der Waals surface area (Å²) in [6.45, 7) is 3.39. The summed E-state index contributed by atoms with van der Waals surface area (Å²) in [6, 6.07) is 5.67. The lowest BCUT2D eigenvalue weighted by atomic mass is 9.88. The predicted octanol–water partition coefficient (Wildman–Crippen LogP) is 4.05. The Morgan fingerprint density at radius 1 is 1.25 bits per heavy atom. The molecule has 0 amide bonds. The Morgan fingerprint density at radius 2 is 2.00 bits per heavy atom. The Balaban J connectivity index is 1.68. The highest BCUT2D eigenvalue weighted by molar-refractivity contribution is 6.36. The number of nitrogens with zero attached hydrogens (tertiary/aromatic N) is 1. The summed E-state index contributed by atoms with van der Waals surface area (Å²) in [5, 5.41) is 4.81. The van der Waals surface area contributed by atoms with Gasteiger partial charge in [-0.05, 0) is 69.3 Å². The van der Waals surface area contributed by atoms with Crippen molar-refractivity contribution in [2.24, 2.45) is 11.8 Å². The van der Waals surface area contributed by atoms with Crippen molar-refractivity contribution in [1.29, 1.82) is 0 Å². The third-order valence-electron chi connectivity index (χ3n) is 6.00. The summed E-state index contributed by atoms with van der Waals surface area (Å²) in [6.07, 6.45) is 4.64. The van der Waals surface area contributed by atoms with Crippen LogP contribution in [-0.4, -0.2) is 44.2 Å². The van der Waals surface area contributed by atoms with Crippen molar-refractivity contribution in [1.82, 2.24) is 10.3 Å². The van der Waals surface area contributed by atoms with E-state index < -0.39 is 0 Å². The van der Waals surface area contributed by atoms with E-state index in [1.54, 1.807) is 7.11 Å². The Hall–Kier alpha value is -1.69. The largest absolute Gasteiger partial charge is 0.481 e. The number of ketones is 1. The molecular weight excluding hydrogens is 376 g/mol. The molecule has 5 nitrogen and oxygen atoms in total. The second kappa shape index (κ2) is 8.76. The van der Waals surface area contributed by atoms with Crippen LogP contribution in [0, 0.1) is 11.8 Å². The molecule has 0 saturated carbocycles. The Morgan fingerprint density at radius 3 is 2.71 bits per heavy atom. The minimum atomic E-state index is 0.0883. The minimum absolute atomic E-state index is 0.0883. The number of rotatable bonds is 5. The number of carbonyl (C=O) groups excluding carboxylic acids is 1. The molecular formula is C22H27ClN2O3. The van der Waals surface area contributed by atoms with E-state index >= 15 is 0 Å². The third kappa shape index (κ3) is 4.02. The number of fused-ring (bicyclic) bond motifs is 1. The molecule has 0 bridgehead atoms. The van der Waals surface area contributed by atoms with Crippen molar-refractivity contribution < 1.29 is 14.3 Å². The lowest BCUT2D eigenvalue weighted by molar-refractivity contribution is 0.0663. The molecule has 1 N–H and O–H groups in total. The zero-order chi connectivity index (χ0) is 19.5. The van der Waals surface area contributed by atoms with E-state index in [9.17, 15) is 4.79 Å². The smallest absolute Gasteiger partial charge is 0.218 e. The highest BCUT2D eigenvalue weighted by Crippen LogP contribution is 2.36. The number of aromatic nitrogens is 1. The van der Waals surface area contributed by atoms with E-state index in [1.807, 2.05) is 18.2 Å². The fraction of sp³-hybridized carbons (Fsp3) is 0.545. The van der Waals surface area contributed by atoms with Crippen molar-refractivity contribution in [3.63, 3.8) is 0 Å². The van der Waals surface area contributed by atoms with Gasteiger partial charge >= 0.3 is 0 Å². The molecule has 28 heavy (non-hydrogen) atoms. The quantitative estimate of drug-likeness (QED) is 0.764. The van der Waals surface area contributed by atoms with Crippen molar-refractivity contribution in [2.75, 3.05) is 33.4 Å². The fourth-order valence-electron chi connectivity index (χ4n) is 4.30. The van der Waals surface area contributed by atoms with Crippen molar-refractivity contribution >= 4 is 28.3 Å². The van der Waals surface area contributed by atoms with Crippen molar-refractivity contribution in [3.05, 3.63) is 34.3 Å². The molecule has 1 aromatic heterocycles. The number of pyridine rings is 1. The summed E-state index contributed by atoms with van der Waals surface area (Å²) in [5.41, 5.74) is 2.43. The Kier molecular flexibility index (Phi) is 6.14. The van der Waals surface area contributed by atoms with E-state index in [0.717, 1.165) is 80.4 Å². The molecule has 150 valence electrons. The van der Waals surface area contributed by atoms with Crippen LogP contribution in [0.25, 0.3) is 10.9 Å². The molecule has 0 aliphatic carbocycles. The van der Waals surface area contributed by atoms with Crippen molar-refractivity contribution in [3.8, 4) is 5.88 Å². The van der Waals surface area contributed by atoms with Crippen LogP contribution in [0.1, 0.15) is 41.6 Å². The zero-order valence-corrected chi connectivity index (χ0v) is 17.1. The van der Waals surface area contributed by atoms with Crippen LogP contribution in [0.15, 0.2) is 18.2 Å². The van der Waals surface area contributed by atoms with E-state index in [-0.39, 0.29) is 11.7 Å². The van der Waals surface area contributed by atoms with Gasteiger partial charge in [0.25, 0.3) is 0 Å². The van der Waals surface area contributed by atoms with E-state index in [1.165, 1.54) is 0 Å². The molecule has 3 heterocycles. The first kappa shape index (κ1) is 19.6. The number of hydrogen-bond donors (Lipinski definition) is 1. The first-order valence-corrected chi connectivity index (χ1v) is 10.5. The zero-order valence-electron chi connectivity index (χ0n) is 16.3. The van der Waals surface area contributed by atoms with Gasteiger partial charge in [-0.1, -0.05) is 11.6 Å². The van der Waals surface area contributed by atoms with Crippen LogP contribution >= 0.6 is 11.6 Å². The molecule has 1 aromatic carbocycles. The van der Waals surface area contributed by atoms with Gasteiger partial charge in [0.1, 0.15) is 0 Å². The van der Waals surface area contributed by atoms with Gasteiger partial charge in [0.05, 0.1) is 17.6 Å². The van der Waals surface area contributed by atoms with Gasteiger partial charge in [-0.3, -0.25) is 4.79 Å². The Bertz CT molecular complexity index is 858. The monoisotopic (exact) mass is 402 g/mol. The molecule has 2 aliphatic rings. The second-order valence-electron chi connectivity index (χ2n) is 7.79. The van der Waals surface area contributed by atoms with Crippen LogP contribution in [0.3, 0.4) is 0 Å². The van der Waals surface area contributed by atoms with Crippen molar-refractivity contribution in [2.45, 2.75) is 32.1 Å². The summed E-state index contributed by atoms with van der Waals surface area (Å²) < 4.78 is 11.0. The lowest BCUT2D eigenvalue weighted by Gasteiger charge is -2.23. The number of carbonyl (C=O) groups is 1. The molecule has 6 heteroatoms. The molecule has 0 atom stereocenters. The standard InChI is InChI=1S/C22H27ClN2O3/c1-27-22-18(12-14-6-10-28-11-7-14)20(23)17-13-16(2-3-19(17)25-22)21(26)15-4-8-24-9-5-15/h2-3,13-15,24H,4-12H2,1H3. The number of hydrogen-bond acceptors (Lipinski definition) is 5. The number of piperidine rings is 1. The molecule has 4 rings (SSSR count). The van der Waals surface area contributed by atoms with Gasteiger partial charge in [0.2, 0.25) is 5.88 Å². The van der Waals surface area contributed by atoms with E-state index in [2.05, 4.69) is 10.3 Å². The summed E-state index contributed by atoms with van der Waals surface area (Å²) in [7, 11) is 1.63. The number of Topliss-reactive ketones (excluding diaryl/α,β-unsaturated/α-hetero) is 1. The fourth-order valence-corrected chi connectivity index (χ4v) is 4.61. The van der Waals surface area contributed by atoms with Gasteiger partial charge in [-0.15, -0.1) is 0 Å². The van der Waals surface area contributed by atoms with E-state index in [0.29, 0.717) is 16.8 Å². The number of nitrogens with one attached hydrogen (secondary N) is 1. The third-order valence-corrected chi connectivity index (χ3v) is 6.43. The average Bonchev–Trinajstić information content (AvgIpc) is 2.76. The number of halogens is 1. The van der Waals surface area contributed by atoms with Crippen LogP contribution in [-0.2, 0) is 11.2 Å². The molecule has 0 spiro atoms. The number of benzene rings is 1. The lowest BCUT2D eigenvalue weighted by Crippen LogP contribution is -2.31. The molecule has 2 aliphatic heterocycles. The predicted molar refractivity (Wildman–Crippen MR) is 110 cm³/mol. The summed E-state index contributed by atoms with van der Waals surface area (Å²) >= 11 is 6.83. The number of methoxy groups -OCH3 is 1. The van der Waals surface area contributed by atoms with Gasteiger partial charge in [-0.25, -0.2) is 4.98 Å². The van der Waals surface area contributed by atoms with Gasteiger partial charge in [-0.2, -0.15) is 0 Å². The number of ether oxygens (including phenoxy) is 2. The first-order valence-electron chi connectivity index (χ1n) is 10.2. The van der Waals surface area contributed by atoms with Crippen LogP contribution < -0.4 is 10.1 Å². The normalized spacial score (nSPS) is 19.1. The summed E-state index contributed by atoms with van der Waals surface area (Å²) in [5.74, 6) is 1.40. The van der Waals surface area contributed by atoms with Crippen LogP contribution in [0.4, 0.5) is 0 Å². The maximum Gasteiger partial charge on any atom is 0.218 e. The first-order chi connectivity index (χ1) is 13.7. The maximum absolute atomic E-state index is 12.9. The second-order valence-corrected chi connectivity index (χ2v) is 8.17. The molecule has 0 unspecified atom stereocenters. The minimum Gasteiger partial charge on any atom is -0.481 e. The summed E-state index contributed by atoms with van der Waals surface area (Å²) in [4.78, 5) is 17.6. The Labute approximate surface area is 170 Å². The molecule has 0 radical (unpaired) electrons. The molecule has 2 saturated heterocycles. The van der Waals surface area contributed by atoms with E-state index in [4.69, 9.17) is 21.1 Å². The highest BCUT2D eigenvalue weighted by atomic mass is 35.5. The van der Waals surface area contributed by atoms with Gasteiger partial charge < -0.3 is 14.8 Å². The highest BCUT2D eigenvalue weighted by Gasteiger charge is 2.24. The molecule has 2 aromatic rings. The van der Waals surface area contributed by atoms with Crippen LogP contribution in [0.5, 0.6) is 5.88 Å².